The van der Waals surface area contributed by atoms with Crippen LogP contribution >= 0.6 is 0 Å². The molecule has 2 nitrogen and oxygen atoms in total. The van der Waals surface area contributed by atoms with Gasteiger partial charge in [-0.05, 0) is 42.7 Å². The summed E-state index contributed by atoms with van der Waals surface area (Å²) in [4.78, 5) is 3.86. The molecule has 1 heterocycles. The Morgan fingerprint density at radius 2 is 2.25 bits per heavy atom. The Hall–Kier alpha value is -0.960. The van der Waals surface area contributed by atoms with E-state index >= 15 is 0 Å². The summed E-state index contributed by atoms with van der Waals surface area (Å²) >= 11 is 0. The van der Waals surface area contributed by atoms with Crippen molar-refractivity contribution in [3.05, 3.63) is 29.8 Å². The van der Waals surface area contributed by atoms with Crippen LogP contribution < -0.4 is 5.32 Å². The fourth-order valence-electron chi connectivity index (χ4n) is 3.30. The van der Waals surface area contributed by atoms with E-state index in [1.165, 1.54) is 31.9 Å². The van der Waals surface area contributed by atoms with E-state index in [2.05, 4.69) is 10.3 Å². The van der Waals surface area contributed by atoms with Crippen LogP contribution in [0.2, 0.25) is 0 Å². The van der Waals surface area contributed by atoms with Crippen LogP contribution in [0, 0.1) is 17.7 Å². The molecular weight excluding hydrogens is 203 g/mol. The minimum atomic E-state index is -0.243. The molecule has 3 rings (SSSR count). The lowest BCUT2D eigenvalue weighted by Crippen LogP contribution is -2.33. The van der Waals surface area contributed by atoms with Crippen LogP contribution in [0.15, 0.2) is 18.5 Å². The van der Waals surface area contributed by atoms with Crippen LogP contribution in [0.1, 0.15) is 31.2 Å². The SMILES string of the molecule is Fc1cncc(CNC2CC3CCC2C3)c1. The van der Waals surface area contributed by atoms with Gasteiger partial charge in [-0.1, -0.05) is 6.42 Å². The van der Waals surface area contributed by atoms with Crippen LogP contribution in [-0.2, 0) is 6.54 Å². The molecule has 86 valence electrons. The summed E-state index contributed by atoms with van der Waals surface area (Å²) < 4.78 is 12.9. The Balaban J connectivity index is 1.57. The molecule has 2 aliphatic carbocycles. The van der Waals surface area contributed by atoms with Crippen LogP contribution in [0.3, 0.4) is 0 Å². The fraction of sp³-hybridized carbons (Fsp3) is 0.615. The maximum absolute atomic E-state index is 12.9. The van der Waals surface area contributed by atoms with E-state index in [-0.39, 0.29) is 5.82 Å². The highest BCUT2D eigenvalue weighted by Crippen LogP contribution is 2.44. The molecule has 3 atom stereocenters. The average Bonchev–Trinajstić information content (AvgIpc) is 2.88. The predicted molar refractivity (Wildman–Crippen MR) is 60.3 cm³/mol. The largest absolute Gasteiger partial charge is 0.310 e. The van der Waals surface area contributed by atoms with Gasteiger partial charge in [-0.2, -0.15) is 0 Å². The second-order valence-corrected chi connectivity index (χ2v) is 5.17. The molecule has 0 amide bonds. The van der Waals surface area contributed by atoms with Gasteiger partial charge in [-0.3, -0.25) is 4.98 Å². The van der Waals surface area contributed by atoms with Crippen molar-refractivity contribution in [3.8, 4) is 0 Å². The lowest BCUT2D eigenvalue weighted by atomic mass is 9.95. The predicted octanol–water partition coefficient (Wildman–Crippen LogP) is 2.50. The van der Waals surface area contributed by atoms with E-state index in [0.29, 0.717) is 6.04 Å². The number of halogens is 1. The molecule has 2 saturated carbocycles. The van der Waals surface area contributed by atoms with Crippen molar-refractivity contribution in [1.82, 2.24) is 10.3 Å². The zero-order valence-electron chi connectivity index (χ0n) is 9.32. The molecule has 16 heavy (non-hydrogen) atoms. The monoisotopic (exact) mass is 220 g/mol. The first kappa shape index (κ1) is 10.2. The lowest BCUT2D eigenvalue weighted by molar-refractivity contribution is 0.350. The van der Waals surface area contributed by atoms with Crippen molar-refractivity contribution in [3.63, 3.8) is 0 Å². The normalized spacial score (nSPS) is 32.2. The molecule has 0 saturated heterocycles. The van der Waals surface area contributed by atoms with Crippen molar-refractivity contribution in [2.75, 3.05) is 0 Å². The second kappa shape index (κ2) is 4.13. The van der Waals surface area contributed by atoms with Gasteiger partial charge in [0.1, 0.15) is 5.82 Å². The molecule has 2 bridgehead atoms. The summed E-state index contributed by atoms with van der Waals surface area (Å²) in [6.07, 6.45) is 8.50. The van der Waals surface area contributed by atoms with Gasteiger partial charge in [0.05, 0.1) is 6.20 Å². The van der Waals surface area contributed by atoms with E-state index in [0.717, 1.165) is 23.9 Å². The van der Waals surface area contributed by atoms with Gasteiger partial charge in [0.15, 0.2) is 0 Å². The number of hydrogen-bond acceptors (Lipinski definition) is 2. The standard InChI is InChI=1S/C13H17FN2/c14-12-4-10(6-15-8-12)7-16-13-5-9-1-2-11(13)3-9/h4,6,8-9,11,13,16H,1-3,5,7H2. The summed E-state index contributed by atoms with van der Waals surface area (Å²) in [6.45, 7) is 0.749. The van der Waals surface area contributed by atoms with Gasteiger partial charge >= 0.3 is 0 Å². The Bertz CT molecular complexity index is 380. The molecule has 2 aliphatic rings. The van der Waals surface area contributed by atoms with Gasteiger partial charge in [0.25, 0.3) is 0 Å². The highest BCUT2D eigenvalue weighted by molar-refractivity contribution is 5.10. The topological polar surface area (TPSA) is 24.9 Å². The van der Waals surface area contributed by atoms with Crippen LogP contribution in [-0.4, -0.2) is 11.0 Å². The highest BCUT2D eigenvalue weighted by atomic mass is 19.1. The first-order valence-electron chi connectivity index (χ1n) is 6.14. The molecule has 0 aromatic carbocycles. The van der Waals surface area contributed by atoms with Crippen LogP contribution in [0.5, 0.6) is 0 Å². The smallest absolute Gasteiger partial charge is 0.141 e. The number of pyridine rings is 1. The summed E-state index contributed by atoms with van der Waals surface area (Å²) in [5.41, 5.74) is 0.947. The maximum atomic E-state index is 12.9. The second-order valence-electron chi connectivity index (χ2n) is 5.17. The minimum Gasteiger partial charge on any atom is -0.310 e. The molecule has 0 radical (unpaired) electrons. The van der Waals surface area contributed by atoms with Crippen molar-refractivity contribution >= 4 is 0 Å². The van der Waals surface area contributed by atoms with Gasteiger partial charge in [0.2, 0.25) is 0 Å². The molecule has 0 spiro atoms. The van der Waals surface area contributed by atoms with Crippen LogP contribution in [0.25, 0.3) is 0 Å². The van der Waals surface area contributed by atoms with Crippen molar-refractivity contribution in [1.29, 1.82) is 0 Å². The van der Waals surface area contributed by atoms with Gasteiger partial charge < -0.3 is 5.32 Å². The van der Waals surface area contributed by atoms with E-state index < -0.39 is 0 Å². The molecule has 3 heteroatoms. The molecule has 3 unspecified atom stereocenters. The van der Waals surface area contributed by atoms with Crippen molar-refractivity contribution < 1.29 is 4.39 Å². The van der Waals surface area contributed by atoms with E-state index in [9.17, 15) is 4.39 Å². The number of hydrogen-bond donors (Lipinski definition) is 1. The Morgan fingerprint density at radius 3 is 2.94 bits per heavy atom. The average molecular weight is 220 g/mol. The number of nitrogens with zero attached hydrogens (tertiary/aromatic N) is 1. The van der Waals surface area contributed by atoms with Crippen LogP contribution in [0.4, 0.5) is 4.39 Å². The van der Waals surface area contributed by atoms with Gasteiger partial charge in [-0.25, -0.2) is 4.39 Å². The third-order valence-corrected chi connectivity index (χ3v) is 4.07. The molecule has 1 aromatic rings. The Morgan fingerprint density at radius 1 is 1.31 bits per heavy atom. The third kappa shape index (κ3) is 1.96. The zero-order chi connectivity index (χ0) is 11.0. The summed E-state index contributed by atoms with van der Waals surface area (Å²) in [5.74, 6) is 1.58. The lowest BCUT2D eigenvalue weighted by Gasteiger charge is -2.22. The zero-order valence-corrected chi connectivity index (χ0v) is 9.32. The first-order valence-corrected chi connectivity index (χ1v) is 6.14. The van der Waals surface area contributed by atoms with Crippen molar-refractivity contribution in [2.45, 2.75) is 38.3 Å². The number of rotatable bonds is 3. The highest BCUT2D eigenvalue weighted by Gasteiger charge is 2.38. The quantitative estimate of drug-likeness (QED) is 0.846. The number of nitrogens with one attached hydrogen (secondary N) is 1. The molecule has 1 N–H and O–H groups in total. The molecular formula is C13H17FN2. The third-order valence-electron chi connectivity index (χ3n) is 4.07. The Labute approximate surface area is 95.3 Å². The molecule has 1 aromatic heterocycles. The van der Waals surface area contributed by atoms with Gasteiger partial charge in [-0.15, -0.1) is 0 Å². The summed E-state index contributed by atoms with van der Waals surface area (Å²) in [7, 11) is 0. The maximum Gasteiger partial charge on any atom is 0.141 e. The van der Waals surface area contributed by atoms with Crippen molar-refractivity contribution in [2.24, 2.45) is 11.8 Å². The summed E-state index contributed by atoms with van der Waals surface area (Å²) in [6, 6.07) is 2.22. The summed E-state index contributed by atoms with van der Waals surface area (Å²) in [5, 5.41) is 3.55. The van der Waals surface area contributed by atoms with E-state index in [1.807, 2.05) is 0 Å². The van der Waals surface area contributed by atoms with E-state index in [1.54, 1.807) is 12.3 Å². The van der Waals surface area contributed by atoms with E-state index in [4.69, 9.17) is 0 Å². The first-order chi connectivity index (χ1) is 7.81. The Kier molecular flexibility index (Phi) is 2.64. The minimum absolute atomic E-state index is 0.243. The molecule has 0 aliphatic heterocycles. The number of fused-ring (bicyclic) bond motifs is 2. The number of aromatic nitrogens is 1. The molecule has 2 fully saturated rings. The van der Waals surface area contributed by atoms with Gasteiger partial charge in [0, 0.05) is 18.8 Å². The fourth-order valence-corrected chi connectivity index (χ4v) is 3.30.